The van der Waals surface area contributed by atoms with E-state index in [0.29, 0.717) is 162 Å². The summed E-state index contributed by atoms with van der Waals surface area (Å²) >= 11 is 0. The van der Waals surface area contributed by atoms with Crippen LogP contribution in [0.2, 0.25) is 0 Å². The van der Waals surface area contributed by atoms with Crippen LogP contribution in [0.3, 0.4) is 0 Å². The number of rotatable bonds is 15. The van der Waals surface area contributed by atoms with Gasteiger partial charge in [-0.15, -0.1) is 0 Å². The lowest BCUT2D eigenvalue weighted by Gasteiger charge is -2.53. The largest absolute Gasteiger partial charge is 0.493 e. The molecule has 6 aliphatic heterocycles. The molecule has 12 rings (SSSR count). The average molecular weight is 1460 g/mol. The lowest BCUT2D eigenvalue weighted by molar-refractivity contribution is -0.144. The van der Waals surface area contributed by atoms with E-state index >= 15 is 0 Å². The first kappa shape index (κ1) is 77.1. The van der Waals surface area contributed by atoms with Crippen molar-refractivity contribution in [3.8, 4) is 23.0 Å². The summed E-state index contributed by atoms with van der Waals surface area (Å²) in [6.07, 6.45) is -8.83. The molecule has 0 unspecified atom stereocenters. The normalized spacial score (nSPS) is 18.9. The number of likely N-dealkylation sites (N-methyl/N-ethyl adjacent to an activating group) is 3. The first-order valence-electron chi connectivity index (χ1n) is 34.5. The number of piperidine rings is 3. The minimum absolute atomic E-state index is 0. The molecule has 0 radical (unpaired) electrons. The van der Waals surface area contributed by atoms with Gasteiger partial charge in [0.1, 0.15) is 23.7 Å². The van der Waals surface area contributed by atoms with Gasteiger partial charge in [-0.1, -0.05) is 13.8 Å². The number of likely N-dealkylation sites (tertiary alicyclic amines) is 3. The Morgan fingerprint density at radius 2 is 1.05 bits per heavy atom. The highest BCUT2D eigenvalue weighted by molar-refractivity contribution is 6.00. The fourth-order valence-corrected chi connectivity index (χ4v) is 15.3. The van der Waals surface area contributed by atoms with Crippen molar-refractivity contribution in [3.05, 3.63) is 148 Å². The molecule has 0 aliphatic carbocycles. The maximum absolute atomic E-state index is 14.4. The number of ketones is 2. The molecule has 10 heterocycles. The van der Waals surface area contributed by atoms with Crippen LogP contribution >= 0.6 is 0 Å². The minimum atomic E-state index is -4.95. The van der Waals surface area contributed by atoms with Gasteiger partial charge in [0.25, 0.3) is 29.3 Å². The molecule has 3 amide bonds. The van der Waals surface area contributed by atoms with Gasteiger partial charge in [-0.25, -0.2) is 9.37 Å². The molecule has 0 bridgehead atoms. The number of hydrogen-bond acceptors (Lipinski definition) is 14. The molecule has 3 spiro atoms. The summed E-state index contributed by atoms with van der Waals surface area (Å²) in [6.45, 7) is 14.6. The van der Waals surface area contributed by atoms with E-state index in [-0.39, 0.29) is 73.8 Å². The Morgan fingerprint density at radius 3 is 1.53 bits per heavy atom. The van der Waals surface area contributed by atoms with Crippen LogP contribution in [0.1, 0.15) is 156 Å². The molecule has 3 saturated heterocycles. The number of aliphatic hydroxyl groups excluding tert-OH is 1. The van der Waals surface area contributed by atoms with Crippen LogP contribution in [0, 0.1) is 11.7 Å². The van der Waals surface area contributed by atoms with E-state index in [0.717, 1.165) is 6.42 Å². The number of hydrogen-bond donors (Lipinski definition) is 1. The summed E-state index contributed by atoms with van der Waals surface area (Å²) in [5.74, 6) is -2.88. The van der Waals surface area contributed by atoms with Crippen LogP contribution in [-0.4, -0.2) is 207 Å². The first-order valence-corrected chi connectivity index (χ1v) is 34.5. The predicted octanol–water partition coefficient (Wildman–Crippen LogP) is 12.0. The summed E-state index contributed by atoms with van der Waals surface area (Å²) in [5.41, 5.74) is 0.0454. The standard InChI is InChI=1S/C25H29F4N3O3.C25H31F3N4O3.C23H28F3N3O4.H2/c1-15(2)35-20-7-5-17(13-18(20)26)23(34)31-11-9-24(10-12-31)21-8-6-19(22(33)25(27,28)29)32(21)14-16(3)30(24)4;1-17(2)8-15-35-18-4-5-19(29-16-18)23(34)31-11-9-24(10-12-31)21-7-6-20(22(33)25(26,27)28)32(21)14-13-30(24)3;1-27-11-12-29-19(5-6-20(29)23(24,25)26)22(27)7-9-28(10-8-22)21(31)16-3-4-17(33-14-13-30)18(15-16)32-2;/h5-8,13,15-16H,9-12,14H2,1-4H3;4-7,16-17H,8-15H2,1-3H3;3-6,15,30H,7-14H2,1-2H3;1H/t16-;;;/m0.../s1. The van der Waals surface area contributed by atoms with Crippen molar-refractivity contribution in [1.82, 2.24) is 48.1 Å². The summed E-state index contributed by atoms with van der Waals surface area (Å²) in [5, 5.41) is 8.94. The fraction of sp³-hybridized carbons (Fsp3) is 0.534. The van der Waals surface area contributed by atoms with Gasteiger partial charge in [0.15, 0.2) is 23.1 Å². The Morgan fingerprint density at radius 1 is 0.563 bits per heavy atom. The topological polar surface area (TPSA) is 190 Å². The fourth-order valence-electron chi connectivity index (χ4n) is 15.3. The van der Waals surface area contributed by atoms with Crippen LogP contribution in [0.4, 0.5) is 43.9 Å². The molecule has 6 aliphatic rings. The lowest BCUT2D eigenvalue weighted by atomic mass is 9.80. The minimum Gasteiger partial charge on any atom is -0.493 e. The van der Waals surface area contributed by atoms with E-state index in [9.17, 15) is 67.9 Å². The lowest BCUT2D eigenvalue weighted by Crippen LogP contribution is -2.59. The van der Waals surface area contributed by atoms with Gasteiger partial charge < -0.3 is 52.5 Å². The zero-order valence-corrected chi connectivity index (χ0v) is 59.1. The number of alkyl halides is 9. The maximum atomic E-state index is 14.4. The predicted molar refractivity (Wildman–Crippen MR) is 361 cm³/mol. The number of nitrogens with zero attached hydrogens (tertiary/aromatic N) is 10. The van der Waals surface area contributed by atoms with Crippen LogP contribution in [0.15, 0.2) is 91.1 Å². The number of ether oxygens (including phenoxy) is 4. The van der Waals surface area contributed by atoms with Crippen molar-refractivity contribution in [1.29, 1.82) is 0 Å². The molecule has 30 heteroatoms. The molecule has 20 nitrogen and oxygen atoms in total. The molecule has 6 aromatic rings. The van der Waals surface area contributed by atoms with Gasteiger partial charge >= 0.3 is 18.5 Å². The van der Waals surface area contributed by atoms with Crippen molar-refractivity contribution < 1.29 is 93.4 Å². The highest BCUT2D eigenvalue weighted by Crippen LogP contribution is 2.47. The molecule has 3 fully saturated rings. The van der Waals surface area contributed by atoms with E-state index in [1.807, 2.05) is 28.1 Å². The highest BCUT2D eigenvalue weighted by atomic mass is 19.4. The molecule has 1 N–H and O–H groups in total. The highest BCUT2D eigenvalue weighted by Gasteiger charge is 2.52. The SMILES string of the molecule is CC(C)CCOc1ccc(C(=O)N2CCC3(CC2)c2ccc(C(=O)C(F)(F)F)n2CCN3C)nc1.CC(C)Oc1ccc(C(=O)N2CCC3(CC2)c2ccc(C(=O)C(F)(F)F)n2C[C@H](C)N3C)cc1F.COc1cc(C(=O)N2CCC3(CC2)c2ccc(C(F)(F)F)n2CCN3C)ccc1OCCO.[HH]. The van der Waals surface area contributed by atoms with Crippen molar-refractivity contribution in [2.24, 2.45) is 5.92 Å². The third-order valence-corrected chi connectivity index (χ3v) is 21.1. The van der Waals surface area contributed by atoms with E-state index < -0.39 is 58.2 Å². The smallest absolute Gasteiger partial charge is 0.456 e. The van der Waals surface area contributed by atoms with Gasteiger partial charge in [-0.05, 0) is 178 Å². The Kier molecular flexibility index (Phi) is 23.0. The number of halogens is 10. The van der Waals surface area contributed by atoms with Crippen molar-refractivity contribution in [3.63, 3.8) is 0 Å². The van der Waals surface area contributed by atoms with Crippen LogP contribution < -0.4 is 18.9 Å². The van der Waals surface area contributed by atoms with Crippen molar-refractivity contribution in [2.75, 3.05) is 100 Å². The van der Waals surface area contributed by atoms with Crippen molar-refractivity contribution >= 4 is 29.3 Å². The quantitative estimate of drug-likeness (QED) is 0.0755. The number of amides is 3. The molecule has 2 aromatic carbocycles. The van der Waals surface area contributed by atoms with E-state index in [2.05, 4.69) is 33.5 Å². The maximum Gasteiger partial charge on any atom is 0.456 e. The number of methoxy groups -OCH3 is 1. The van der Waals surface area contributed by atoms with Gasteiger partial charge in [0, 0.05) is 108 Å². The van der Waals surface area contributed by atoms with Crippen LogP contribution in [-0.2, 0) is 42.4 Å². The number of aromatic nitrogens is 4. The second-order valence-electron chi connectivity index (χ2n) is 27.8. The van der Waals surface area contributed by atoms with Gasteiger partial charge in [-0.2, -0.15) is 39.5 Å². The molecule has 0 saturated carbocycles. The summed E-state index contributed by atoms with van der Waals surface area (Å²) in [4.78, 5) is 79.0. The average Bonchev–Trinajstić information content (AvgIpc) is 1.53. The zero-order chi connectivity index (χ0) is 74.9. The number of carbonyl (C=O) groups excluding carboxylic acids is 5. The molecular formula is C73H90F10N10O10. The molecular weight excluding hydrogens is 1370 g/mol. The number of fused-ring (bicyclic) bond motifs is 6. The third kappa shape index (κ3) is 15.8. The number of Topliss-reactive ketones (excluding diaryl/α,β-unsaturated/α-hetero) is 2. The van der Waals surface area contributed by atoms with Crippen LogP contribution in [0.25, 0.3) is 0 Å². The number of benzene rings is 2. The Hall–Kier alpha value is -8.48. The van der Waals surface area contributed by atoms with Crippen LogP contribution in [0.5, 0.6) is 23.0 Å². The Labute approximate surface area is 592 Å². The second kappa shape index (κ2) is 30.7. The Balaban J connectivity index is 0.000000180. The summed E-state index contributed by atoms with van der Waals surface area (Å²) in [7, 11) is 7.28. The van der Waals surface area contributed by atoms with E-state index in [1.165, 1.54) is 57.2 Å². The second-order valence-corrected chi connectivity index (χ2v) is 27.8. The van der Waals surface area contributed by atoms with Crippen molar-refractivity contribution in [2.45, 2.75) is 146 Å². The Bertz CT molecular complexity index is 4040. The molecule has 562 valence electrons. The first-order chi connectivity index (χ1) is 48.6. The summed E-state index contributed by atoms with van der Waals surface area (Å²) in [6, 6.07) is 20.8. The number of carbonyl (C=O) groups is 5. The summed E-state index contributed by atoms with van der Waals surface area (Å²) < 4.78 is 160. The van der Waals surface area contributed by atoms with E-state index in [4.69, 9.17) is 24.1 Å². The van der Waals surface area contributed by atoms with Gasteiger partial charge in [0.05, 0.1) is 60.6 Å². The molecule has 103 heavy (non-hydrogen) atoms. The van der Waals surface area contributed by atoms with Gasteiger partial charge in [0.2, 0.25) is 0 Å². The monoisotopic (exact) mass is 1460 g/mol. The van der Waals surface area contributed by atoms with Gasteiger partial charge in [-0.3, -0.25) is 38.7 Å². The number of aliphatic hydroxyl groups is 1. The molecule has 1 atom stereocenters. The van der Waals surface area contributed by atoms with E-state index in [1.54, 1.807) is 83.3 Å². The molecule has 4 aromatic heterocycles. The zero-order valence-electron chi connectivity index (χ0n) is 59.1. The number of pyridine rings is 1. The third-order valence-electron chi connectivity index (χ3n) is 21.1.